The summed E-state index contributed by atoms with van der Waals surface area (Å²) in [6.45, 7) is 1.09. The molecular formula is C48H47N5O9. The minimum atomic E-state index is -1.59. The maximum absolute atomic E-state index is 14.5. The zero-order valence-corrected chi connectivity index (χ0v) is 33.9. The van der Waals surface area contributed by atoms with Crippen molar-refractivity contribution < 1.29 is 43.4 Å². The van der Waals surface area contributed by atoms with Crippen molar-refractivity contribution in [2.75, 3.05) is 5.32 Å². The number of hydrogen-bond donors (Lipinski definition) is 6. The van der Waals surface area contributed by atoms with E-state index in [1.54, 1.807) is 72.8 Å². The van der Waals surface area contributed by atoms with Crippen molar-refractivity contribution in [2.24, 2.45) is 0 Å². The molecule has 14 heteroatoms. The summed E-state index contributed by atoms with van der Waals surface area (Å²) in [6.07, 6.45) is -2.47. The van der Waals surface area contributed by atoms with Crippen LogP contribution >= 0.6 is 0 Å². The van der Waals surface area contributed by atoms with E-state index in [1.807, 2.05) is 54.6 Å². The molecule has 0 unspecified atom stereocenters. The van der Waals surface area contributed by atoms with Crippen molar-refractivity contribution in [2.45, 2.75) is 69.3 Å². The monoisotopic (exact) mass is 837 g/mol. The molecule has 62 heavy (non-hydrogen) atoms. The molecule has 5 aromatic carbocycles. The quantitative estimate of drug-likeness (QED) is 0.0938. The minimum absolute atomic E-state index is 0.0121. The number of aliphatic carboxylic acids is 1. The van der Waals surface area contributed by atoms with E-state index in [9.17, 15) is 38.7 Å². The average molecular weight is 838 g/mol. The number of hydrogen-bond acceptors (Lipinski definition) is 8. The number of ether oxygens (including phenoxy) is 1. The van der Waals surface area contributed by atoms with Gasteiger partial charge in [-0.25, -0.2) is 4.79 Å². The van der Waals surface area contributed by atoms with Crippen LogP contribution in [0.5, 0.6) is 0 Å². The molecule has 7 rings (SSSR count). The third kappa shape index (κ3) is 12.7. The summed E-state index contributed by atoms with van der Waals surface area (Å²) in [7, 11) is 0. The predicted octanol–water partition coefficient (Wildman–Crippen LogP) is 3.92. The van der Waals surface area contributed by atoms with Gasteiger partial charge in [-0.3, -0.25) is 28.8 Å². The lowest BCUT2D eigenvalue weighted by atomic mass is 9.98. The number of esters is 1. The number of carboxylic acid groups (broad SMARTS) is 1. The lowest BCUT2D eigenvalue weighted by Gasteiger charge is -2.27. The third-order valence-electron chi connectivity index (χ3n) is 10.2. The van der Waals surface area contributed by atoms with Gasteiger partial charge in [-0.15, -0.1) is 0 Å². The topological polar surface area (TPSA) is 209 Å². The Labute approximate surface area is 358 Å². The highest BCUT2D eigenvalue weighted by atomic mass is 16.5. The molecule has 318 valence electrons. The highest BCUT2D eigenvalue weighted by Gasteiger charge is 2.33. The number of carbonyl (C=O) groups is 7. The van der Waals surface area contributed by atoms with Crippen molar-refractivity contribution >= 4 is 47.2 Å². The first-order valence-electron chi connectivity index (χ1n) is 20.1. The Morgan fingerprint density at radius 2 is 0.984 bits per heavy atom. The van der Waals surface area contributed by atoms with Gasteiger partial charge in [0, 0.05) is 38.3 Å². The van der Waals surface area contributed by atoms with Crippen molar-refractivity contribution in [3.05, 3.63) is 162 Å². The minimum Gasteiger partial charge on any atom is -0.480 e. The molecule has 0 saturated heterocycles. The van der Waals surface area contributed by atoms with E-state index in [4.69, 9.17) is 4.74 Å². The van der Waals surface area contributed by atoms with Gasteiger partial charge in [-0.1, -0.05) is 127 Å². The van der Waals surface area contributed by atoms with Crippen LogP contribution in [0.25, 0.3) is 11.1 Å². The molecule has 5 aromatic rings. The van der Waals surface area contributed by atoms with E-state index < -0.39 is 78.2 Å². The molecule has 2 heterocycles. The summed E-state index contributed by atoms with van der Waals surface area (Å²) in [5.41, 5.74) is 4.65. The summed E-state index contributed by atoms with van der Waals surface area (Å²) in [6, 6.07) is 35.6. The first-order chi connectivity index (χ1) is 29.9. The van der Waals surface area contributed by atoms with Crippen molar-refractivity contribution in [3.63, 3.8) is 0 Å². The maximum Gasteiger partial charge on any atom is 0.326 e. The molecule has 2 aliphatic heterocycles. The fraction of sp³-hybridized carbons (Fsp3) is 0.229. The van der Waals surface area contributed by atoms with Gasteiger partial charge in [-0.05, 0) is 45.5 Å². The first-order valence-corrected chi connectivity index (χ1v) is 20.1. The number of carbonyl (C=O) groups excluding carboxylic acids is 6. The van der Waals surface area contributed by atoms with Crippen LogP contribution in [-0.2, 0) is 64.0 Å². The Bertz CT molecular complexity index is 2360. The van der Waals surface area contributed by atoms with Crippen molar-refractivity contribution in [1.29, 1.82) is 0 Å². The molecule has 0 saturated carbocycles. The lowest BCUT2D eigenvalue weighted by Crippen LogP contribution is -2.59. The zero-order valence-electron chi connectivity index (χ0n) is 33.9. The number of benzene rings is 5. The van der Waals surface area contributed by atoms with Gasteiger partial charge in [-0.2, -0.15) is 0 Å². The molecule has 0 aromatic heterocycles. The maximum atomic E-state index is 14.5. The Morgan fingerprint density at radius 1 is 0.532 bits per heavy atom. The standard InChI is InChI=1S/C48H47N5O9/c1-30(54)62-42-29-43(55)50-38(25-31-11-5-2-6-12-31)44(56)51-40(27-33-17-21-36(22-18-33)35-15-9-4-10-16-35)45(57)52-39(26-32-13-7-3-8-14-32)46(58)53-41(48(60)61)28-34-19-23-37(24-20-34)49-47(42)59/h2-24,38-42H,25-29H2,1H3,(H,49,59)(H,50,55)(H,51,56)(H,52,57)(H,53,58)(H,60,61)/t38-,39-,40+,41-,42-/m1/s1. The SMILES string of the molecule is CC(=O)O[C@@H]1CC(=O)N[C@H](Cc2ccccc2)C(=O)N[C@@H](Cc2ccc(-c3ccccc3)cc2)C(=O)N[C@H](Cc2ccccc2)C(=O)N[C@@H](C(=O)O)Cc2ccc(cc2)NC1=O. The summed E-state index contributed by atoms with van der Waals surface area (Å²) in [5.74, 6) is -6.03. The van der Waals surface area contributed by atoms with Crippen LogP contribution < -0.4 is 26.6 Å². The number of carboxylic acids is 1. The van der Waals surface area contributed by atoms with Crippen LogP contribution in [0.15, 0.2) is 140 Å². The Morgan fingerprint density at radius 3 is 1.48 bits per heavy atom. The molecule has 5 amide bonds. The molecule has 2 aliphatic rings. The number of rotatable bonds is 9. The molecule has 6 N–H and O–H groups in total. The normalized spacial score (nSPS) is 20.3. The molecular weight excluding hydrogens is 791 g/mol. The Kier molecular flexibility index (Phi) is 14.9. The van der Waals surface area contributed by atoms with Gasteiger partial charge >= 0.3 is 11.9 Å². The van der Waals surface area contributed by atoms with E-state index in [1.165, 1.54) is 12.1 Å². The molecule has 2 bridgehead atoms. The number of amides is 5. The second-order valence-electron chi connectivity index (χ2n) is 15.0. The zero-order chi connectivity index (χ0) is 44.0. The van der Waals surface area contributed by atoms with E-state index in [-0.39, 0.29) is 31.4 Å². The lowest BCUT2D eigenvalue weighted by molar-refractivity contribution is -0.153. The number of anilines is 1. The van der Waals surface area contributed by atoms with E-state index >= 15 is 0 Å². The van der Waals surface area contributed by atoms with Crippen LogP contribution in [0.1, 0.15) is 35.6 Å². The van der Waals surface area contributed by atoms with Crippen LogP contribution in [0.3, 0.4) is 0 Å². The smallest absolute Gasteiger partial charge is 0.326 e. The summed E-state index contributed by atoms with van der Waals surface area (Å²) in [4.78, 5) is 94.7. The molecule has 0 radical (unpaired) electrons. The van der Waals surface area contributed by atoms with Crippen LogP contribution in [0, 0.1) is 0 Å². The van der Waals surface area contributed by atoms with E-state index in [0.717, 1.165) is 18.1 Å². The Balaban J connectivity index is 1.38. The predicted molar refractivity (Wildman–Crippen MR) is 230 cm³/mol. The number of fused-ring (bicyclic) bond motifs is 18. The van der Waals surface area contributed by atoms with Crippen LogP contribution in [0.2, 0.25) is 0 Å². The molecule has 5 atom stereocenters. The van der Waals surface area contributed by atoms with Crippen molar-refractivity contribution in [3.8, 4) is 11.1 Å². The van der Waals surface area contributed by atoms with Gasteiger partial charge < -0.3 is 36.4 Å². The largest absolute Gasteiger partial charge is 0.480 e. The molecule has 14 nitrogen and oxygen atoms in total. The second-order valence-corrected chi connectivity index (χ2v) is 15.0. The summed E-state index contributed by atoms with van der Waals surface area (Å²) in [5, 5.41) is 23.7. The first kappa shape index (κ1) is 44.0. The highest BCUT2D eigenvalue weighted by Crippen LogP contribution is 2.21. The van der Waals surface area contributed by atoms with Crippen LogP contribution in [-0.4, -0.2) is 76.9 Å². The summed E-state index contributed by atoms with van der Waals surface area (Å²) < 4.78 is 5.25. The van der Waals surface area contributed by atoms with Gasteiger partial charge in [0.1, 0.15) is 24.2 Å². The van der Waals surface area contributed by atoms with Gasteiger partial charge in [0.2, 0.25) is 23.6 Å². The van der Waals surface area contributed by atoms with Crippen LogP contribution in [0.4, 0.5) is 5.69 Å². The number of nitrogens with one attached hydrogen (secondary N) is 5. The second kappa shape index (κ2) is 21.1. The average Bonchev–Trinajstić information content (AvgIpc) is 3.26. The van der Waals surface area contributed by atoms with Crippen molar-refractivity contribution in [1.82, 2.24) is 21.3 Å². The summed E-state index contributed by atoms with van der Waals surface area (Å²) >= 11 is 0. The highest BCUT2D eigenvalue weighted by molar-refractivity contribution is 5.99. The van der Waals surface area contributed by atoms with Gasteiger partial charge in [0.05, 0.1) is 6.42 Å². The Hall–Kier alpha value is -7.61. The van der Waals surface area contributed by atoms with E-state index in [2.05, 4.69) is 26.6 Å². The van der Waals surface area contributed by atoms with Gasteiger partial charge in [0.15, 0.2) is 6.10 Å². The van der Waals surface area contributed by atoms with E-state index in [0.29, 0.717) is 22.3 Å². The van der Waals surface area contributed by atoms with Gasteiger partial charge in [0.25, 0.3) is 5.91 Å². The molecule has 0 aliphatic carbocycles. The third-order valence-corrected chi connectivity index (χ3v) is 10.2. The molecule has 0 fully saturated rings. The fourth-order valence-corrected chi connectivity index (χ4v) is 7.04. The molecule has 0 spiro atoms. The fourth-order valence-electron chi connectivity index (χ4n) is 7.04.